The molecular weight excluding hydrogens is 541 g/mol. The number of para-hydroxylation sites is 2. The van der Waals surface area contributed by atoms with Crippen molar-refractivity contribution in [3.05, 3.63) is 87.7 Å². The Morgan fingerprint density at radius 3 is 1.60 bits per heavy atom. The van der Waals surface area contributed by atoms with Gasteiger partial charge in [0.2, 0.25) is 0 Å². The molecule has 0 saturated carbocycles. The Bertz CT molecular complexity index is 1140. The van der Waals surface area contributed by atoms with Crippen LogP contribution in [-0.2, 0) is 17.1 Å². The van der Waals surface area contributed by atoms with Crippen molar-refractivity contribution in [3.63, 3.8) is 0 Å². The van der Waals surface area contributed by atoms with Gasteiger partial charge in [0.05, 0.1) is 39.2 Å². The van der Waals surface area contributed by atoms with Gasteiger partial charge < -0.3 is 24.8 Å². The second-order valence-corrected chi connectivity index (χ2v) is 9.21. The van der Waals surface area contributed by atoms with Crippen LogP contribution in [0, 0.1) is 6.92 Å². The van der Waals surface area contributed by atoms with E-state index in [1.807, 2.05) is 57.2 Å². The number of aryl methyl sites for hydroxylation is 1. The summed E-state index contributed by atoms with van der Waals surface area (Å²) in [6, 6.07) is 18.3. The molecule has 0 unspecified atom stereocenters. The quantitative estimate of drug-likeness (QED) is 0.331. The predicted octanol–water partition coefficient (Wildman–Crippen LogP) is 2.58. The fourth-order valence-corrected chi connectivity index (χ4v) is 3.96. The molecule has 0 spiro atoms. The molecule has 0 bridgehead atoms. The summed E-state index contributed by atoms with van der Waals surface area (Å²) in [4.78, 5) is 14.7. The van der Waals surface area contributed by atoms with Crippen molar-refractivity contribution in [2.24, 2.45) is 9.98 Å². The molecule has 1 heterocycles. The Labute approximate surface area is 238 Å². The molecule has 0 saturated heterocycles. The summed E-state index contributed by atoms with van der Waals surface area (Å²) in [6.07, 6.45) is 0. The Morgan fingerprint density at radius 1 is 0.714 bits per heavy atom. The maximum absolute atomic E-state index is 6.37. The molecule has 2 aromatic carbocycles. The van der Waals surface area contributed by atoms with Crippen LogP contribution >= 0.6 is 11.6 Å². The first kappa shape index (κ1) is 33.3. The molecule has 0 radical (unpaired) electrons. The van der Waals surface area contributed by atoms with Crippen molar-refractivity contribution in [1.29, 1.82) is 0 Å². The first-order chi connectivity index (χ1) is 15.2. The van der Waals surface area contributed by atoms with Gasteiger partial charge in [-0.3, -0.25) is 4.99 Å². The molecule has 3 nitrogen and oxygen atoms in total. The zero-order valence-electron chi connectivity index (χ0n) is 21.2. The van der Waals surface area contributed by atoms with E-state index in [2.05, 4.69) is 45.9 Å². The summed E-state index contributed by atoms with van der Waals surface area (Å²) in [5, 5.41) is 0.643. The third-order valence-corrected chi connectivity index (χ3v) is 5.89. The van der Waals surface area contributed by atoms with Crippen LogP contribution in [0.15, 0.2) is 64.6 Å². The number of rotatable bonds is 6. The van der Waals surface area contributed by atoms with Gasteiger partial charge in [0.15, 0.2) is 0 Å². The molecule has 0 aliphatic carbocycles. The zero-order valence-corrected chi connectivity index (χ0v) is 24.6. The van der Waals surface area contributed by atoms with Gasteiger partial charge in [0.25, 0.3) is 0 Å². The number of aliphatic imine (C=N–C) groups is 2. The van der Waals surface area contributed by atoms with E-state index in [1.54, 1.807) is 0 Å². The van der Waals surface area contributed by atoms with Crippen molar-refractivity contribution in [2.45, 2.75) is 60.3 Å². The van der Waals surface area contributed by atoms with E-state index >= 15 is 0 Å². The molecule has 3 rings (SSSR count). The van der Waals surface area contributed by atoms with Gasteiger partial charge in [0.1, 0.15) is 0 Å². The minimum atomic E-state index is 0. The zero-order chi connectivity index (χ0) is 23.4. The van der Waals surface area contributed by atoms with Crippen molar-refractivity contribution in [3.8, 4) is 0 Å². The summed E-state index contributed by atoms with van der Waals surface area (Å²) >= 11 is 6.37. The van der Waals surface area contributed by atoms with E-state index < -0.39 is 0 Å². The van der Waals surface area contributed by atoms with Gasteiger partial charge in [-0.15, -0.1) is 0 Å². The molecule has 1 aromatic heterocycles. The Hall–Kier alpha value is -1.68. The molecule has 3 aromatic rings. The number of pyridine rings is 1. The number of hydrogen-bond acceptors (Lipinski definition) is 3. The summed E-state index contributed by atoms with van der Waals surface area (Å²) in [6.45, 7) is 14.8. The number of halogens is 3. The average Bonchev–Trinajstić information content (AvgIpc) is 2.76. The molecule has 0 atom stereocenters. The number of hydrogen-bond donors (Lipinski definition) is 0. The molecular formula is C28H32Cl3FeN3. The predicted molar refractivity (Wildman–Crippen MR) is 139 cm³/mol. The van der Waals surface area contributed by atoms with Crippen LogP contribution in [0.2, 0.25) is 5.02 Å². The molecule has 0 aliphatic rings. The second-order valence-electron chi connectivity index (χ2n) is 8.80. The van der Waals surface area contributed by atoms with Crippen LogP contribution in [-0.4, -0.2) is 16.4 Å². The minimum absolute atomic E-state index is 0. The SMILES string of the molecule is C/C(=N\c1c(C)cccc1Cl)c1cccc(/C(C)=N/c2c(C(C)C)cccc2C(C)C)n1.[Cl-].[Cl-].[Fe+2]. The molecule has 7 heteroatoms. The van der Waals surface area contributed by atoms with Gasteiger partial charge in [-0.2, -0.15) is 0 Å². The van der Waals surface area contributed by atoms with E-state index in [4.69, 9.17) is 26.6 Å². The third kappa shape index (κ3) is 8.17. The second kappa shape index (κ2) is 14.8. The Balaban J connectivity index is 0.00000385. The fraction of sp³-hybridized carbons (Fsp3) is 0.321. The van der Waals surface area contributed by atoms with Crippen LogP contribution < -0.4 is 24.8 Å². The summed E-state index contributed by atoms with van der Waals surface area (Å²) < 4.78 is 0. The van der Waals surface area contributed by atoms with Gasteiger partial charge in [-0.25, -0.2) is 9.98 Å². The topological polar surface area (TPSA) is 37.6 Å². The molecule has 0 N–H and O–H groups in total. The molecule has 0 fully saturated rings. The summed E-state index contributed by atoms with van der Waals surface area (Å²) in [5.41, 5.74) is 8.80. The van der Waals surface area contributed by atoms with Crippen molar-refractivity contribution in [1.82, 2.24) is 4.98 Å². The standard InChI is InChI=1S/C28H32ClN3.2ClH.Fe/c1-17(2)22-12-9-13-23(18(3)4)28(22)31-21(7)26-16-10-15-25(32-26)20(6)30-27-19(5)11-8-14-24(27)29;;;/h8-18H,1-7H3;2*1H;/q;;;+2/p-2/b30-20+,31-21+;;;. The normalized spacial score (nSPS) is 11.6. The van der Waals surface area contributed by atoms with Gasteiger partial charge in [0, 0.05) is 0 Å². The summed E-state index contributed by atoms with van der Waals surface area (Å²) in [5.74, 6) is 0.792. The number of nitrogens with zero attached hydrogens (tertiary/aromatic N) is 3. The van der Waals surface area contributed by atoms with Crippen LogP contribution in [0.25, 0.3) is 0 Å². The van der Waals surface area contributed by atoms with Gasteiger partial charge >= 0.3 is 17.1 Å². The van der Waals surface area contributed by atoms with E-state index in [0.29, 0.717) is 16.9 Å². The van der Waals surface area contributed by atoms with E-state index in [0.717, 1.165) is 39.7 Å². The van der Waals surface area contributed by atoms with Crippen molar-refractivity contribution >= 4 is 34.4 Å². The van der Waals surface area contributed by atoms with Crippen LogP contribution in [0.5, 0.6) is 0 Å². The van der Waals surface area contributed by atoms with Gasteiger partial charge in [-0.05, 0) is 67.5 Å². The van der Waals surface area contributed by atoms with Crippen molar-refractivity contribution in [2.75, 3.05) is 0 Å². The average molecular weight is 573 g/mol. The Morgan fingerprint density at radius 2 is 1.14 bits per heavy atom. The molecule has 35 heavy (non-hydrogen) atoms. The van der Waals surface area contributed by atoms with Crippen molar-refractivity contribution < 1.29 is 41.9 Å². The van der Waals surface area contributed by atoms with E-state index in [9.17, 15) is 0 Å². The van der Waals surface area contributed by atoms with Gasteiger partial charge in [-0.1, -0.05) is 75.7 Å². The Kier molecular flexibility index (Phi) is 14.1. The minimum Gasteiger partial charge on any atom is -1.00 e. The molecule has 0 amide bonds. The number of aromatic nitrogens is 1. The van der Waals surface area contributed by atoms with E-state index in [-0.39, 0.29) is 41.9 Å². The fourth-order valence-electron chi connectivity index (χ4n) is 3.69. The smallest absolute Gasteiger partial charge is 1.00 e. The molecule has 0 aliphatic heterocycles. The largest absolute Gasteiger partial charge is 2.00 e. The monoisotopic (exact) mass is 571 g/mol. The first-order valence-electron chi connectivity index (χ1n) is 11.1. The maximum Gasteiger partial charge on any atom is 2.00 e. The van der Waals surface area contributed by atoms with E-state index in [1.165, 1.54) is 11.1 Å². The third-order valence-electron chi connectivity index (χ3n) is 5.58. The van der Waals surface area contributed by atoms with Crippen LogP contribution in [0.4, 0.5) is 11.4 Å². The maximum atomic E-state index is 6.37. The van der Waals surface area contributed by atoms with Crippen LogP contribution in [0.1, 0.15) is 81.5 Å². The molecule has 188 valence electrons. The summed E-state index contributed by atoms with van der Waals surface area (Å²) in [7, 11) is 0. The number of benzene rings is 2. The van der Waals surface area contributed by atoms with Crippen LogP contribution in [0.3, 0.4) is 0 Å². The first-order valence-corrected chi connectivity index (χ1v) is 11.5.